The molecule has 0 saturated heterocycles. The van der Waals surface area contributed by atoms with E-state index in [4.69, 9.17) is 9.84 Å². The van der Waals surface area contributed by atoms with E-state index < -0.39 is 24.9 Å². The highest BCUT2D eigenvalue weighted by molar-refractivity contribution is 5.75. The molecule has 0 atom stereocenters. The quantitative estimate of drug-likeness (QED) is 0.621. The van der Waals surface area contributed by atoms with Crippen LogP contribution in [0.4, 0.5) is 13.2 Å². The number of aliphatic hydroxyl groups is 1. The normalized spacial score (nSPS) is 11.5. The van der Waals surface area contributed by atoms with Crippen LogP contribution in [0.2, 0.25) is 0 Å². The number of ether oxygens (including phenoxy) is 1. The molecule has 0 bridgehead atoms. The largest absolute Gasteiger partial charge is 0.394 e. The molecule has 0 aliphatic rings. The van der Waals surface area contributed by atoms with Crippen molar-refractivity contribution in [3.8, 4) is 0 Å². The molecule has 0 aromatic carbocycles. The molecular formula is C9H16F3NO3. The minimum atomic E-state index is -4.29. The topological polar surface area (TPSA) is 58.6 Å². The molecule has 0 radical (unpaired) electrons. The molecule has 7 heteroatoms. The number of hydrogen-bond acceptors (Lipinski definition) is 3. The van der Waals surface area contributed by atoms with Crippen molar-refractivity contribution >= 4 is 5.91 Å². The number of rotatable bonds is 8. The first kappa shape index (κ1) is 15.2. The third-order valence-electron chi connectivity index (χ3n) is 1.66. The maximum atomic E-state index is 11.7. The number of aliphatic hydroxyl groups excluding tert-OH is 1. The van der Waals surface area contributed by atoms with Crippen molar-refractivity contribution in [2.45, 2.75) is 25.4 Å². The number of nitrogens with one attached hydrogen (secondary N) is 1. The number of carbonyl (C=O) groups is 1. The Balaban J connectivity index is 3.31. The summed E-state index contributed by atoms with van der Waals surface area (Å²) in [5.74, 6) is -0.612. The van der Waals surface area contributed by atoms with Crippen LogP contribution in [0.5, 0.6) is 0 Å². The second kappa shape index (κ2) is 8.35. The van der Waals surface area contributed by atoms with E-state index >= 15 is 0 Å². The number of alkyl halides is 3. The molecule has 0 rings (SSSR count). The van der Waals surface area contributed by atoms with Crippen LogP contribution in [0.25, 0.3) is 0 Å². The molecule has 0 aromatic heterocycles. The lowest BCUT2D eigenvalue weighted by molar-refractivity contribution is -0.144. The molecule has 0 aliphatic carbocycles. The van der Waals surface area contributed by atoms with Gasteiger partial charge in [0.2, 0.25) is 5.91 Å². The Morgan fingerprint density at radius 3 is 2.56 bits per heavy atom. The maximum absolute atomic E-state index is 11.7. The lowest BCUT2D eigenvalue weighted by atomic mass is 10.3. The highest BCUT2D eigenvalue weighted by Crippen LogP contribution is 2.20. The van der Waals surface area contributed by atoms with Crippen molar-refractivity contribution < 1.29 is 27.8 Å². The minimum Gasteiger partial charge on any atom is -0.394 e. The molecule has 0 aliphatic heterocycles. The van der Waals surface area contributed by atoms with Crippen LogP contribution < -0.4 is 5.32 Å². The molecular weight excluding hydrogens is 227 g/mol. The van der Waals surface area contributed by atoms with Crippen LogP contribution in [-0.2, 0) is 9.53 Å². The summed E-state index contributed by atoms with van der Waals surface area (Å²) < 4.78 is 40.1. The highest BCUT2D eigenvalue weighted by atomic mass is 19.4. The van der Waals surface area contributed by atoms with Crippen LogP contribution in [0, 0.1) is 0 Å². The Morgan fingerprint density at radius 2 is 2.00 bits per heavy atom. The summed E-state index contributed by atoms with van der Waals surface area (Å²) in [5, 5.41) is 10.7. The number of hydrogen-bond donors (Lipinski definition) is 2. The van der Waals surface area contributed by atoms with Crippen molar-refractivity contribution in [2.24, 2.45) is 0 Å². The van der Waals surface area contributed by atoms with Gasteiger partial charge < -0.3 is 15.2 Å². The van der Waals surface area contributed by atoms with Crippen molar-refractivity contribution in [1.29, 1.82) is 0 Å². The summed E-state index contributed by atoms with van der Waals surface area (Å²) in [5.41, 5.74) is 0. The van der Waals surface area contributed by atoms with E-state index in [1.165, 1.54) is 0 Å². The number of carbonyl (C=O) groups excluding carboxylic acids is 1. The third-order valence-corrected chi connectivity index (χ3v) is 1.66. The van der Waals surface area contributed by atoms with E-state index in [0.717, 1.165) is 0 Å². The van der Waals surface area contributed by atoms with Gasteiger partial charge in [-0.15, -0.1) is 0 Å². The second-order valence-corrected chi connectivity index (χ2v) is 3.15. The Morgan fingerprint density at radius 1 is 1.31 bits per heavy atom. The smallest absolute Gasteiger partial charge is 0.389 e. The van der Waals surface area contributed by atoms with Crippen molar-refractivity contribution in [3.05, 3.63) is 0 Å². The van der Waals surface area contributed by atoms with Crippen LogP contribution in [-0.4, -0.2) is 43.6 Å². The van der Waals surface area contributed by atoms with Gasteiger partial charge in [-0.1, -0.05) is 0 Å². The number of amides is 1. The van der Waals surface area contributed by atoms with Gasteiger partial charge in [-0.3, -0.25) is 4.79 Å². The predicted molar refractivity (Wildman–Crippen MR) is 50.8 cm³/mol. The van der Waals surface area contributed by atoms with Gasteiger partial charge in [-0.2, -0.15) is 13.2 Å². The Bertz CT molecular complexity index is 197. The summed E-state index contributed by atoms with van der Waals surface area (Å²) >= 11 is 0. The first-order chi connectivity index (χ1) is 7.45. The molecule has 0 aromatic rings. The summed E-state index contributed by atoms with van der Waals surface area (Å²) in [4.78, 5) is 10.9. The summed E-state index contributed by atoms with van der Waals surface area (Å²) in [6.45, 7) is 0.794. The van der Waals surface area contributed by atoms with E-state index in [0.29, 0.717) is 13.0 Å². The van der Waals surface area contributed by atoms with Crippen molar-refractivity contribution in [2.75, 3.05) is 26.4 Å². The average Bonchev–Trinajstić information content (AvgIpc) is 2.19. The Kier molecular flexibility index (Phi) is 7.92. The second-order valence-electron chi connectivity index (χ2n) is 3.15. The summed E-state index contributed by atoms with van der Waals surface area (Å²) in [6, 6.07) is 0. The van der Waals surface area contributed by atoms with E-state index in [2.05, 4.69) is 5.32 Å². The van der Waals surface area contributed by atoms with E-state index in [-0.39, 0.29) is 19.8 Å². The summed E-state index contributed by atoms with van der Waals surface area (Å²) in [7, 11) is 0. The van der Waals surface area contributed by atoms with Crippen LogP contribution in [0.15, 0.2) is 0 Å². The molecule has 16 heavy (non-hydrogen) atoms. The van der Waals surface area contributed by atoms with E-state index in [1.807, 2.05) is 0 Å². The van der Waals surface area contributed by atoms with Gasteiger partial charge >= 0.3 is 6.18 Å². The van der Waals surface area contributed by atoms with Gasteiger partial charge in [0.15, 0.2) is 0 Å². The van der Waals surface area contributed by atoms with Gasteiger partial charge in [-0.25, -0.2) is 0 Å². The van der Waals surface area contributed by atoms with E-state index in [9.17, 15) is 18.0 Å². The first-order valence-corrected chi connectivity index (χ1v) is 4.98. The number of halogens is 3. The SMILES string of the molecule is O=C(CCC(F)(F)F)NCCCOCCO. The third kappa shape index (κ3) is 11.3. The monoisotopic (exact) mass is 243 g/mol. The van der Waals surface area contributed by atoms with Gasteiger partial charge in [-0.05, 0) is 6.42 Å². The zero-order chi connectivity index (χ0) is 12.4. The van der Waals surface area contributed by atoms with E-state index in [1.54, 1.807) is 0 Å². The van der Waals surface area contributed by atoms with Gasteiger partial charge in [0.1, 0.15) is 0 Å². The Hall–Kier alpha value is -0.820. The highest BCUT2D eigenvalue weighted by Gasteiger charge is 2.27. The molecule has 1 amide bonds. The molecule has 0 spiro atoms. The predicted octanol–water partition coefficient (Wildman–Crippen LogP) is 0.844. The van der Waals surface area contributed by atoms with Crippen molar-refractivity contribution in [3.63, 3.8) is 0 Å². The lowest BCUT2D eigenvalue weighted by Crippen LogP contribution is -2.26. The standard InChI is InChI=1S/C9H16F3NO3/c10-9(11,12)3-2-8(15)13-4-1-6-16-7-5-14/h14H,1-7H2,(H,13,15). The van der Waals surface area contributed by atoms with Crippen molar-refractivity contribution in [1.82, 2.24) is 5.32 Å². The molecule has 0 heterocycles. The van der Waals surface area contributed by atoms with Crippen LogP contribution in [0.3, 0.4) is 0 Å². The molecule has 0 saturated carbocycles. The van der Waals surface area contributed by atoms with Gasteiger partial charge in [0.25, 0.3) is 0 Å². The van der Waals surface area contributed by atoms with Gasteiger partial charge in [0, 0.05) is 19.6 Å². The zero-order valence-corrected chi connectivity index (χ0v) is 8.85. The fourth-order valence-electron chi connectivity index (χ4n) is 0.912. The first-order valence-electron chi connectivity index (χ1n) is 4.98. The Labute approximate surface area is 91.8 Å². The average molecular weight is 243 g/mol. The van der Waals surface area contributed by atoms with Gasteiger partial charge in [0.05, 0.1) is 19.6 Å². The van der Waals surface area contributed by atoms with Crippen LogP contribution in [0.1, 0.15) is 19.3 Å². The minimum absolute atomic E-state index is 0.0715. The fourth-order valence-corrected chi connectivity index (χ4v) is 0.912. The fraction of sp³-hybridized carbons (Fsp3) is 0.889. The molecule has 2 N–H and O–H groups in total. The summed E-state index contributed by atoms with van der Waals surface area (Å²) in [6.07, 6.45) is -5.42. The molecule has 0 unspecified atom stereocenters. The molecule has 4 nitrogen and oxygen atoms in total. The lowest BCUT2D eigenvalue weighted by Gasteiger charge is -2.07. The molecule has 96 valence electrons. The zero-order valence-electron chi connectivity index (χ0n) is 8.85. The van der Waals surface area contributed by atoms with Crippen LogP contribution >= 0.6 is 0 Å². The maximum Gasteiger partial charge on any atom is 0.389 e. The molecule has 0 fully saturated rings.